The van der Waals surface area contributed by atoms with E-state index in [9.17, 15) is 16.8 Å². The maximum atomic E-state index is 14.3. The minimum atomic E-state index is -3.92. The Morgan fingerprint density at radius 2 is 1.33 bits per heavy atom. The Morgan fingerprint density at radius 3 is 1.90 bits per heavy atom. The van der Waals surface area contributed by atoms with Crippen LogP contribution in [0.3, 0.4) is 0 Å². The highest BCUT2D eigenvalue weighted by Crippen LogP contribution is 2.45. The van der Waals surface area contributed by atoms with Crippen LogP contribution in [0.5, 0.6) is 0 Å². The summed E-state index contributed by atoms with van der Waals surface area (Å²) < 4.78 is 64.8. The van der Waals surface area contributed by atoms with E-state index in [2.05, 4.69) is 0 Å². The van der Waals surface area contributed by atoms with E-state index in [4.69, 9.17) is 4.74 Å². The van der Waals surface area contributed by atoms with E-state index in [1.54, 1.807) is 52.8 Å². The van der Waals surface area contributed by atoms with E-state index < -0.39 is 32.1 Å². The molecule has 206 valence electrons. The molecule has 3 aromatic rings. The van der Waals surface area contributed by atoms with Crippen LogP contribution in [0.4, 0.5) is 0 Å². The largest absolute Gasteiger partial charge is 0.498 e. The average Bonchev–Trinajstić information content (AvgIpc) is 2.93. The van der Waals surface area contributed by atoms with Crippen molar-refractivity contribution in [1.82, 2.24) is 8.61 Å². The number of aryl methyl sites for hydroxylation is 2. The lowest BCUT2D eigenvalue weighted by molar-refractivity contribution is 0.134. The number of rotatable bonds is 7. The summed E-state index contributed by atoms with van der Waals surface area (Å²) in [4.78, 5) is 0.454. The van der Waals surface area contributed by atoms with Gasteiger partial charge in [-0.25, -0.2) is 16.8 Å². The highest BCUT2D eigenvalue weighted by molar-refractivity contribution is 7.89. The number of benzene rings is 3. The van der Waals surface area contributed by atoms with E-state index in [0.29, 0.717) is 30.8 Å². The van der Waals surface area contributed by atoms with Crippen molar-refractivity contribution < 1.29 is 21.6 Å². The van der Waals surface area contributed by atoms with Gasteiger partial charge in [-0.2, -0.15) is 8.61 Å². The summed E-state index contributed by atoms with van der Waals surface area (Å²) in [6, 6.07) is 22.3. The molecule has 7 nitrogen and oxygen atoms in total. The number of hydrogen-bond acceptors (Lipinski definition) is 5. The van der Waals surface area contributed by atoms with Crippen LogP contribution in [-0.4, -0.2) is 51.2 Å². The first-order chi connectivity index (χ1) is 18.6. The van der Waals surface area contributed by atoms with Crippen LogP contribution in [0.25, 0.3) is 0 Å². The van der Waals surface area contributed by atoms with Gasteiger partial charge >= 0.3 is 0 Å². The lowest BCUT2D eigenvalue weighted by atomic mass is 9.88. The molecular formula is C30H34N2O5S2. The topological polar surface area (TPSA) is 84.0 Å². The molecular weight excluding hydrogens is 532 g/mol. The maximum Gasteiger partial charge on any atom is 0.244 e. The minimum Gasteiger partial charge on any atom is -0.498 e. The van der Waals surface area contributed by atoms with Gasteiger partial charge in [-0.1, -0.05) is 65.7 Å². The highest BCUT2D eigenvalue weighted by atomic mass is 32.2. The second-order valence-corrected chi connectivity index (χ2v) is 13.9. The van der Waals surface area contributed by atoms with Gasteiger partial charge in [0.05, 0.1) is 34.2 Å². The van der Waals surface area contributed by atoms with Crippen LogP contribution < -0.4 is 0 Å². The summed E-state index contributed by atoms with van der Waals surface area (Å²) in [5.41, 5.74) is 3.53. The van der Waals surface area contributed by atoms with Gasteiger partial charge in [-0.3, -0.25) is 0 Å². The summed E-state index contributed by atoms with van der Waals surface area (Å²) in [5, 5.41) is 0. The van der Waals surface area contributed by atoms with Crippen molar-refractivity contribution in [2.45, 2.75) is 55.5 Å². The zero-order valence-corrected chi connectivity index (χ0v) is 24.1. The van der Waals surface area contributed by atoms with Gasteiger partial charge in [0.1, 0.15) is 0 Å². The lowest BCUT2D eigenvalue weighted by Gasteiger charge is -2.46. The molecule has 0 unspecified atom stereocenters. The molecule has 1 saturated heterocycles. The first kappa shape index (κ1) is 27.6. The fraction of sp³-hybridized carbons (Fsp3) is 0.333. The van der Waals surface area contributed by atoms with Crippen molar-refractivity contribution in [1.29, 1.82) is 0 Å². The van der Waals surface area contributed by atoms with Crippen LogP contribution in [0, 0.1) is 13.8 Å². The number of hydrogen-bond donors (Lipinski definition) is 0. The van der Waals surface area contributed by atoms with Gasteiger partial charge in [0.15, 0.2) is 0 Å². The third-order valence-corrected chi connectivity index (χ3v) is 11.3. The molecule has 0 bridgehead atoms. The van der Waals surface area contributed by atoms with Crippen molar-refractivity contribution in [2.75, 3.05) is 19.7 Å². The first-order valence-electron chi connectivity index (χ1n) is 13.2. The number of ether oxygens (including phenoxy) is 1. The number of nitrogens with zero attached hydrogens (tertiary/aromatic N) is 2. The van der Waals surface area contributed by atoms with Crippen molar-refractivity contribution in [2.24, 2.45) is 0 Å². The van der Waals surface area contributed by atoms with Crippen LogP contribution >= 0.6 is 0 Å². The Labute approximate surface area is 231 Å². The van der Waals surface area contributed by atoms with Crippen LogP contribution in [-0.2, 0) is 24.8 Å². The molecule has 0 spiro atoms. The monoisotopic (exact) mass is 566 g/mol. The smallest absolute Gasteiger partial charge is 0.244 e. The van der Waals surface area contributed by atoms with E-state index in [-0.39, 0.29) is 22.9 Å². The van der Waals surface area contributed by atoms with Gasteiger partial charge < -0.3 is 4.74 Å². The molecule has 5 rings (SSSR count). The fourth-order valence-corrected chi connectivity index (χ4v) is 8.74. The van der Waals surface area contributed by atoms with Gasteiger partial charge in [-0.15, -0.1) is 0 Å². The summed E-state index contributed by atoms with van der Waals surface area (Å²) in [6.45, 7) is 6.41. The molecule has 2 heterocycles. The number of piperidine rings is 1. The van der Waals surface area contributed by atoms with Crippen LogP contribution in [0.2, 0.25) is 0 Å². The Bertz CT molecular complexity index is 1570. The predicted octanol–water partition coefficient (Wildman–Crippen LogP) is 5.19. The molecule has 1 fully saturated rings. The highest BCUT2D eigenvalue weighted by Gasteiger charge is 2.48. The molecule has 2 atom stereocenters. The van der Waals surface area contributed by atoms with E-state index >= 15 is 0 Å². The quantitative estimate of drug-likeness (QED) is 0.393. The van der Waals surface area contributed by atoms with Crippen molar-refractivity contribution in [3.63, 3.8) is 0 Å². The van der Waals surface area contributed by atoms with Crippen molar-refractivity contribution in [3.8, 4) is 0 Å². The van der Waals surface area contributed by atoms with E-state index in [1.807, 2.05) is 51.1 Å². The third kappa shape index (κ3) is 5.28. The molecule has 0 N–H and O–H groups in total. The third-order valence-electron chi connectivity index (χ3n) is 7.51. The summed E-state index contributed by atoms with van der Waals surface area (Å²) >= 11 is 0. The standard InChI is InChI=1S/C30H34N2O5S2/c1-4-37-30-20-29(24-8-6-5-7-9-24)32(39(35,36)26-16-12-23(3)13-17-26)28-18-19-31(21-27(28)30)38(33,34)25-14-10-22(2)11-15-25/h5-17,28-29H,4,18-21H2,1-3H3/t28-,29-/m0/s1. The number of fused-ring (bicyclic) bond motifs is 1. The average molecular weight is 567 g/mol. The van der Waals surface area contributed by atoms with Gasteiger partial charge in [0, 0.05) is 25.1 Å². The molecule has 9 heteroatoms. The van der Waals surface area contributed by atoms with E-state index in [1.165, 1.54) is 4.31 Å². The Morgan fingerprint density at radius 1 is 0.769 bits per heavy atom. The first-order valence-corrected chi connectivity index (χ1v) is 16.1. The second kappa shape index (κ2) is 10.9. The second-order valence-electron chi connectivity index (χ2n) is 10.1. The lowest BCUT2D eigenvalue weighted by Crippen LogP contribution is -2.54. The minimum absolute atomic E-state index is 0.0810. The van der Waals surface area contributed by atoms with Gasteiger partial charge in [-0.05, 0) is 57.0 Å². The molecule has 0 saturated carbocycles. The van der Waals surface area contributed by atoms with Gasteiger partial charge in [0.2, 0.25) is 20.0 Å². The Balaban J connectivity index is 1.60. The zero-order valence-electron chi connectivity index (χ0n) is 22.4. The SMILES string of the molecule is CCOC1=C2CN(S(=O)(=O)c3ccc(C)cc3)CC[C@@H]2N(S(=O)(=O)c2ccc(C)cc2)[C@H](c2ccccc2)C1. The maximum absolute atomic E-state index is 14.3. The molecule has 0 amide bonds. The summed E-state index contributed by atoms with van der Waals surface area (Å²) in [6.07, 6.45) is 0.651. The summed E-state index contributed by atoms with van der Waals surface area (Å²) in [7, 11) is -7.69. The van der Waals surface area contributed by atoms with Crippen molar-refractivity contribution >= 4 is 20.0 Å². The van der Waals surface area contributed by atoms with Gasteiger partial charge in [0.25, 0.3) is 0 Å². The normalized spacial score (nSPS) is 21.0. The van der Waals surface area contributed by atoms with Crippen LogP contribution in [0.15, 0.2) is 100.0 Å². The summed E-state index contributed by atoms with van der Waals surface area (Å²) in [5.74, 6) is 0.676. The fourth-order valence-electron chi connectivity index (χ4n) is 5.48. The molecule has 2 aliphatic rings. The van der Waals surface area contributed by atoms with Crippen LogP contribution in [0.1, 0.15) is 42.5 Å². The molecule has 0 aliphatic carbocycles. The zero-order chi connectivity index (χ0) is 27.8. The molecule has 0 radical (unpaired) electrons. The molecule has 2 aliphatic heterocycles. The predicted molar refractivity (Wildman–Crippen MR) is 151 cm³/mol. The molecule has 0 aromatic heterocycles. The number of sulfonamides is 2. The molecule has 3 aromatic carbocycles. The van der Waals surface area contributed by atoms with Crippen molar-refractivity contribution in [3.05, 3.63) is 107 Å². The van der Waals surface area contributed by atoms with E-state index in [0.717, 1.165) is 16.7 Å². The molecule has 39 heavy (non-hydrogen) atoms. The Kier molecular flexibility index (Phi) is 7.70. The Hall–Kier alpha value is -2.98.